The highest BCUT2D eigenvalue weighted by Gasteiger charge is 2.33. The van der Waals surface area contributed by atoms with Gasteiger partial charge in [-0.1, -0.05) is 6.92 Å². The molecule has 1 aliphatic rings. The number of nitrogens with zero attached hydrogens (tertiary/aromatic N) is 1. The Morgan fingerprint density at radius 1 is 1.50 bits per heavy atom. The summed E-state index contributed by atoms with van der Waals surface area (Å²) in [6.07, 6.45) is 1.27. The molecule has 1 fully saturated rings. The number of nitrogen functional groups attached to an aromatic ring is 1. The molecule has 0 bridgehead atoms. The summed E-state index contributed by atoms with van der Waals surface area (Å²) in [5.41, 5.74) is 7.19. The molecule has 100 valence electrons. The zero-order valence-electron chi connectivity index (χ0n) is 11.2. The Morgan fingerprint density at radius 2 is 2.17 bits per heavy atom. The second kappa shape index (κ2) is 5.04. The van der Waals surface area contributed by atoms with E-state index in [0.29, 0.717) is 12.3 Å². The number of halogens is 1. The molecule has 2 rings (SSSR count). The zero-order chi connectivity index (χ0) is 13.3. The molecule has 1 saturated carbocycles. The van der Waals surface area contributed by atoms with E-state index >= 15 is 0 Å². The number of anilines is 2. The van der Waals surface area contributed by atoms with Crippen LogP contribution in [-0.2, 0) is 0 Å². The van der Waals surface area contributed by atoms with Gasteiger partial charge in [-0.05, 0) is 25.2 Å². The van der Waals surface area contributed by atoms with Crippen LogP contribution in [0.5, 0.6) is 5.75 Å². The van der Waals surface area contributed by atoms with Gasteiger partial charge < -0.3 is 15.4 Å². The van der Waals surface area contributed by atoms with E-state index in [1.54, 1.807) is 6.07 Å². The van der Waals surface area contributed by atoms with Gasteiger partial charge in [-0.25, -0.2) is 4.39 Å². The lowest BCUT2D eigenvalue weighted by Gasteiger charge is -2.22. The van der Waals surface area contributed by atoms with Crippen molar-refractivity contribution in [1.29, 1.82) is 0 Å². The van der Waals surface area contributed by atoms with Gasteiger partial charge >= 0.3 is 0 Å². The summed E-state index contributed by atoms with van der Waals surface area (Å²) in [4.78, 5) is 2.09. The summed E-state index contributed by atoms with van der Waals surface area (Å²) in [5, 5.41) is 0. The molecule has 1 aromatic rings. The van der Waals surface area contributed by atoms with Crippen molar-refractivity contribution in [1.82, 2.24) is 0 Å². The third-order valence-corrected chi connectivity index (χ3v) is 3.58. The van der Waals surface area contributed by atoms with E-state index in [9.17, 15) is 4.39 Å². The van der Waals surface area contributed by atoms with Crippen LogP contribution in [0.3, 0.4) is 0 Å². The van der Waals surface area contributed by atoms with Crippen LogP contribution >= 0.6 is 0 Å². The van der Waals surface area contributed by atoms with Crippen LogP contribution < -0.4 is 15.4 Å². The maximum Gasteiger partial charge on any atom is 0.167 e. The minimum absolute atomic E-state index is 0.275. The molecule has 2 unspecified atom stereocenters. The van der Waals surface area contributed by atoms with Gasteiger partial charge in [0.15, 0.2) is 11.6 Å². The third-order valence-electron chi connectivity index (χ3n) is 3.58. The smallest absolute Gasteiger partial charge is 0.167 e. The molecule has 3 nitrogen and oxygen atoms in total. The first-order valence-corrected chi connectivity index (χ1v) is 6.45. The van der Waals surface area contributed by atoms with Gasteiger partial charge in [0, 0.05) is 25.7 Å². The van der Waals surface area contributed by atoms with E-state index < -0.39 is 5.82 Å². The normalized spacial score (nSPS) is 21.8. The van der Waals surface area contributed by atoms with Crippen molar-refractivity contribution in [3.8, 4) is 5.75 Å². The average Bonchev–Trinajstić information content (AvgIpc) is 2.98. The second-order valence-electron chi connectivity index (χ2n) is 5.13. The second-order valence-corrected chi connectivity index (χ2v) is 5.13. The number of rotatable bonds is 5. The van der Waals surface area contributed by atoms with Crippen molar-refractivity contribution in [2.75, 3.05) is 30.8 Å². The van der Waals surface area contributed by atoms with Crippen LogP contribution in [0.25, 0.3) is 0 Å². The summed E-state index contributed by atoms with van der Waals surface area (Å²) in [5.74, 6) is 1.40. The van der Waals surface area contributed by atoms with Crippen molar-refractivity contribution < 1.29 is 9.13 Å². The molecule has 0 aromatic heterocycles. The molecule has 18 heavy (non-hydrogen) atoms. The van der Waals surface area contributed by atoms with E-state index in [4.69, 9.17) is 10.5 Å². The average molecular weight is 252 g/mol. The number of benzene rings is 1. The molecular weight excluding hydrogens is 231 g/mol. The van der Waals surface area contributed by atoms with E-state index in [2.05, 4.69) is 11.8 Å². The number of nitrogens with two attached hydrogens (primary N) is 1. The summed E-state index contributed by atoms with van der Waals surface area (Å²) in [7, 11) is 1.99. The predicted molar refractivity (Wildman–Crippen MR) is 72.5 cm³/mol. The minimum Gasteiger partial charge on any atom is -0.491 e. The minimum atomic E-state index is -0.397. The van der Waals surface area contributed by atoms with E-state index in [-0.39, 0.29) is 5.75 Å². The maximum atomic E-state index is 13.6. The highest BCUT2D eigenvalue weighted by Crippen LogP contribution is 2.40. The zero-order valence-corrected chi connectivity index (χ0v) is 11.2. The predicted octanol–water partition coefficient (Wildman–Crippen LogP) is 2.90. The van der Waals surface area contributed by atoms with Crippen molar-refractivity contribution in [3.05, 3.63) is 17.9 Å². The molecule has 1 aromatic carbocycles. The first kappa shape index (κ1) is 13.0. The highest BCUT2D eigenvalue weighted by molar-refractivity contribution is 5.69. The molecule has 0 saturated heterocycles. The fourth-order valence-electron chi connectivity index (χ4n) is 2.26. The Hall–Kier alpha value is -1.45. The van der Waals surface area contributed by atoms with Crippen LogP contribution in [0.2, 0.25) is 0 Å². The van der Waals surface area contributed by atoms with Gasteiger partial charge in [-0.3, -0.25) is 0 Å². The van der Waals surface area contributed by atoms with Crippen LogP contribution in [-0.4, -0.2) is 20.2 Å². The fraction of sp³-hybridized carbons (Fsp3) is 0.571. The highest BCUT2D eigenvalue weighted by atomic mass is 19.1. The van der Waals surface area contributed by atoms with E-state index in [1.165, 1.54) is 12.5 Å². The molecule has 4 heteroatoms. The number of hydrogen-bond acceptors (Lipinski definition) is 3. The Labute approximate surface area is 108 Å². The van der Waals surface area contributed by atoms with Crippen molar-refractivity contribution >= 4 is 11.4 Å². The van der Waals surface area contributed by atoms with Crippen LogP contribution in [0.1, 0.15) is 20.3 Å². The molecule has 0 amide bonds. The molecular formula is C14H21FN2O. The Kier molecular flexibility index (Phi) is 3.64. The van der Waals surface area contributed by atoms with Crippen LogP contribution in [0, 0.1) is 17.7 Å². The lowest BCUT2D eigenvalue weighted by molar-refractivity contribution is 0.322. The quantitative estimate of drug-likeness (QED) is 0.819. The van der Waals surface area contributed by atoms with Gasteiger partial charge in [-0.15, -0.1) is 0 Å². The Balaban J connectivity index is 2.17. The lowest BCUT2D eigenvalue weighted by Crippen LogP contribution is -2.22. The van der Waals surface area contributed by atoms with E-state index in [0.717, 1.165) is 24.1 Å². The van der Waals surface area contributed by atoms with Gasteiger partial charge in [0.25, 0.3) is 0 Å². The summed E-state index contributed by atoms with van der Waals surface area (Å²) >= 11 is 0. The van der Waals surface area contributed by atoms with Crippen molar-refractivity contribution in [2.24, 2.45) is 11.8 Å². The molecule has 1 aliphatic carbocycles. The Bertz CT molecular complexity index is 436. The van der Waals surface area contributed by atoms with Gasteiger partial charge in [0.05, 0.1) is 18.0 Å². The monoisotopic (exact) mass is 252 g/mol. The summed E-state index contributed by atoms with van der Waals surface area (Å²) < 4.78 is 18.9. The summed E-state index contributed by atoms with van der Waals surface area (Å²) in [6.45, 7) is 5.50. The lowest BCUT2D eigenvalue weighted by atomic mass is 10.2. The third kappa shape index (κ3) is 2.68. The number of ether oxygens (including phenoxy) is 1. The number of hydrogen-bond donors (Lipinski definition) is 1. The van der Waals surface area contributed by atoms with Crippen molar-refractivity contribution in [2.45, 2.75) is 20.3 Å². The van der Waals surface area contributed by atoms with Gasteiger partial charge in [0.2, 0.25) is 0 Å². The topological polar surface area (TPSA) is 38.5 Å². The first-order valence-electron chi connectivity index (χ1n) is 6.45. The standard InChI is InChI=1S/C14H21FN2O/c1-4-18-14-7-13(12(16)6-11(14)15)17(3)8-10-5-9(10)2/h6-7,9-10H,4-5,8,16H2,1-3H3. The Morgan fingerprint density at radius 3 is 2.72 bits per heavy atom. The fourth-order valence-corrected chi connectivity index (χ4v) is 2.26. The molecule has 2 atom stereocenters. The van der Waals surface area contributed by atoms with Crippen LogP contribution in [0.4, 0.5) is 15.8 Å². The molecule has 0 aliphatic heterocycles. The molecule has 0 spiro atoms. The molecule has 0 radical (unpaired) electrons. The maximum absolute atomic E-state index is 13.6. The van der Waals surface area contributed by atoms with Gasteiger partial charge in [-0.2, -0.15) is 0 Å². The van der Waals surface area contributed by atoms with Crippen LogP contribution in [0.15, 0.2) is 12.1 Å². The van der Waals surface area contributed by atoms with Gasteiger partial charge in [0.1, 0.15) is 0 Å². The first-order chi connectivity index (χ1) is 8.52. The molecule has 2 N–H and O–H groups in total. The largest absolute Gasteiger partial charge is 0.491 e. The van der Waals surface area contributed by atoms with Crippen molar-refractivity contribution in [3.63, 3.8) is 0 Å². The summed E-state index contributed by atoms with van der Waals surface area (Å²) in [6, 6.07) is 3.04. The SMILES string of the molecule is CCOc1cc(N(C)CC2CC2C)c(N)cc1F. The molecule has 0 heterocycles. The van der Waals surface area contributed by atoms with E-state index in [1.807, 2.05) is 14.0 Å².